The predicted octanol–water partition coefficient (Wildman–Crippen LogP) is 9.58. The van der Waals surface area contributed by atoms with E-state index >= 15 is 0 Å². The van der Waals surface area contributed by atoms with Crippen LogP contribution in [0.1, 0.15) is 60.4 Å². The molecule has 4 nitrogen and oxygen atoms in total. The molecule has 46 heavy (non-hydrogen) atoms. The van der Waals surface area contributed by atoms with Crippen LogP contribution in [-0.4, -0.2) is 30.8 Å². The number of halogens is 5. The number of nitrogens with one attached hydrogen (secondary N) is 1. The third-order valence-electron chi connectivity index (χ3n) is 7.99. The molecule has 0 bridgehead atoms. The van der Waals surface area contributed by atoms with Gasteiger partial charge >= 0.3 is 12.1 Å². The zero-order valence-corrected chi connectivity index (χ0v) is 27.5. The smallest absolute Gasteiger partial charge is 0.417 e. The van der Waals surface area contributed by atoms with Gasteiger partial charge in [0.25, 0.3) is 0 Å². The van der Waals surface area contributed by atoms with Crippen molar-refractivity contribution in [1.29, 1.82) is 0 Å². The third kappa shape index (κ3) is 9.50. The van der Waals surface area contributed by atoms with Gasteiger partial charge in [0, 0.05) is 12.0 Å². The Hall–Kier alpha value is -3.52. The first-order valence-electron chi connectivity index (χ1n) is 15.1. The van der Waals surface area contributed by atoms with Gasteiger partial charge in [-0.25, -0.2) is 0 Å². The van der Waals surface area contributed by atoms with Crippen LogP contribution >= 0.6 is 24.0 Å². The van der Waals surface area contributed by atoms with Gasteiger partial charge in [0.1, 0.15) is 5.75 Å². The maximum absolute atomic E-state index is 13.8. The lowest BCUT2D eigenvalue weighted by Gasteiger charge is -2.36. The van der Waals surface area contributed by atoms with E-state index in [2.05, 4.69) is 5.32 Å². The zero-order valence-electron chi connectivity index (χ0n) is 25.9. The third-order valence-corrected chi connectivity index (χ3v) is 8.43. The second-order valence-electron chi connectivity index (χ2n) is 11.7. The molecule has 4 aromatic rings. The fourth-order valence-electron chi connectivity index (χ4n) is 5.77. The summed E-state index contributed by atoms with van der Waals surface area (Å²) in [4.78, 5) is 11.9. The van der Waals surface area contributed by atoms with Crippen molar-refractivity contribution in [2.45, 2.75) is 50.6 Å². The Kier molecular flexibility index (Phi) is 13.5. The van der Waals surface area contributed by atoms with Crippen molar-refractivity contribution in [1.82, 2.24) is 5.32 Å². The van der Waals surface area contributed by atoms with Gasteiger partial charge in [0.2, 0.25) is 0 Å². The van der Waals surface area contributed by atoms with Gasteiger partial charge in [-0.1, -0.05) is 110 Å². The zero-order chi connectivity index (χ0) is 32.5. The molecule has 0 radical (unpaired) electrons. The summed E-state index contributed by atoms with van der Waals surface area (Å²) in [7, 11) is 0. The lowest BCUT2D eigenvalue weighted by molar-refractivity contribution is -0.139. The summed E-state index contributed by atoms with van der Waals surface area (Å²) in [6, 6.07) is 30.9. The number of alkyl halides is 3. The normalized spacial score (nSPS) is 12.4. The fourth-order valence-corrected chi connectivity index (χ4v) is 6.07. The van der Waals surface area contributed by atoms with Gasteiger partial charge in [-0.3, -0.25) is 4.79 Å². The van der Waals surface area contributed by atoms with Crippen molar-refractivity contribution in [3.63, 3.8) is 0 Å². The molecule has 0 spiro atoms. The molecule has 0 aromatic heterocycles. The number of carbonyl (C=O) groups is 1. The molecule has 0 heterocycles. The first-order valence-corrected chi connectivity index (χ1v) is 15.5. The molecular formula is C37H40Cl2F3NO3. The number of aliphatic carboxylic acids is 1. The van der Waals surface area contributed by atoms with Gasteiger partial charge in [-0.05, 0) is 72.2 Å². The number of hydrogen-bond donors (Lipinski definition) is 2. The Morgan fingerprint density at radius 2 is 1.50 bits per heavy atom. The Morgan fingerprint density at radius 3 is 2.07 bits per heavy atom. The Balaban J connectivity index is 0.00000576. The highest BCUT2D eigenvalue weighted by Gasteiger charge is 2.38. The lowest BCUT2D eigenvalue weighted by Crippen LogP contribution is -2.42. The van der Waals surface area contributed by atoms with Gasteiger partial charge in [-0.15, -0.1) is 12.4 Å². The summed E-state index contributed by atoms with van der Waals surface area (Å²) in [5.74, 6) is -0.587. The molecule has 0 aliphatic rings. The van der Waals surface area contributed by atoms with Crippen molar-refractivity contribution in [3.05, 3.63) is 136 Å². The van der Waals surface area contributed by atoms with Crippen LogP contribution in [0.15, 0.2) is 103 Å². The average molecular weight is 675 g/mol. The molecule has 4 aromatic carbocycles. The number of carboxylic acid groups (broad SMARTS) is 1. The number of benzene rings is 4. The van der Waals surface area contributed by atoms with Gasteiger partial charge in [-0.2, -0.15) is 13.2 Å². The minimum atomic E-state index is -4.56. The topological polar surface area (TPSA) is 58.6 Å². The van der Waals surface area contributed by atoms with Gasteiger partial charge in [0.05, 0.1) is 23.1 Å². The summed E-state index contributed by atoms with van der Waals surface area (Å²) >= 11 is 6.42. The summed E-state index contributed by atoms with van der Waals surface area (Å²) in [5.41, 5.74) is 1.49. The molecule has 4 rings (SSSR count). The van der Waals surface area contributed by atoms with Crippen LogP contribution in [0.3, 0.4) is 0 Å². The average Bonchev–Trinajstić information content (AvgIpc) is 3.02. The molecule has 0 aliphatic carbocycles. The van der Waals surface area contributed by atoms with Crippen LogP contribution in [0.4, 0.5) is 13.2 Å². The number of ether oxygens (including phenoxy) is 1. The molecule has 0 aliphatic heterocycles. The largest absolute Gasteiger partial charge is 0.494 e. The second-order valence-corrected chi connectivity index (χ2v) is 12.1. The Labute approximate surface area is 280 Å². The standard InChI is InChI=1S/C37H39ClF3NO3.ClH/c1-26(2)22-32(35(43)44)27-12-9-18-31(23-27)45-21-11-20-42-25-36(29-14-5-3-6-15-29,30-16-7-4-8-17-30)24-28-13-10-19-33(34(28)38)37(39,40)41;/h3-10,12-19,23,26,32,42H,11,20-22,24-25H2,1-2H3,(H,43,44);1H. The highest BCUT2D eigenvalue weighted by Crippen LogP contribution is 2.41. The highest BCUT2D eigenvalue weighted by atomic mass is 35.5. The van der Waals surface area contributed by atoms with Crippen molar-refractivity contribution in [2.24, 2.45) is 5.92 Å². The van der Waals surface area contributed by atoms with E-state index < -0.39 is 29.0 Å². The van der Waals surface area contributed by atoms with Crippen LogP contribution in [0.5, 0.6) is 5.75 Å². The van der Waals surface area contributed by atoms with E-state index in [-0.39, 0.29) is 29.8 Å². The molecule has 0 saturated heterocycles. The van der Waals surface area contributed by atoms with E-state index in [4.69, 9.17) is 16.3 Å². The van der Waals surface area contributed by atoms with E-state index in [1.54, 1.807) is 12.1 Å². The fraction of sp³-hybridized carbons (Fsp3) is 0.324. The van der Waals surface area contributed by atoms with Crippen LogP contribution in [0, 0.1) is 5.92 Å². The molecule has 1 atom stereocenters. The molecule has 2 N–H and O–H groups in total. The monoisotopic (exact) mass is 673 g/mol. The quantitative estimate of drug-likeness (QED) is 0.123. The summed E-state index contributed by atoms with van der Waals surface area (Å²) in [6.07, 6.45) is -3.11. The Morgan fingerprint density at radius 1 is 0.891 bits per heavy atom. The molecule has 0 saturated carbocycles. The van der Waals surface area contributed by atoms with Crippen molar-refractivity contribution in [3.8, 4) is 5.75 Å². The summed E-state index contributed by atoms with van der Waals surface area (Å²) in [5, 5.41) is 13.0. The lowest BCUT2D eigenvalue weighted by atomic mass is 9.70. The van der Waals surface area contributed by atoms with Crippen LogP contribution in [-0.2, 0) is 22.8 Å². The van der Waals surface area contributed by atoms with Gasteiger partial charge in [0.15, 0.2) is 0 Å². The Bertz CT molecular complexity index is 1490. The van der Waals surface area contributed by atoms with E-state index in [0.717, 1.165) is 22.8 Å². The minimum absolute atomic E-state index is 0. The number of rotatable bonds is 15. The maximum Gasteiger partial charge on any atom is 0.417 e. The maximum atomic E-state index is 13.8. The molecular weight excluding hydrogens is 634 g/mol. The predicted molar refractivity (Wildman–Crippen MR) is 180 cm³/mol. The van der Waals surface area contributed by atoms with E-state index in [0.29, 0.717) is 43.9 Å². The highest BCUT2D eigenvalue weighted by molar-refractivity contribution is 6.32. The summed E-state index contributed by atoms with van der Waals surface area (Å²) < 4.78 is 47.3. The number of hydrogen-bond acceptors (Lipinski definition) is 3. The van der Waals surface area contributed by atoms with Crippen molar-refractivity contribution < 1.29 is 27.8 Å². The van der Waals surface area contributed by atoms with Crippen molar-refractivity contribution >= 4 is 30.0 Å². The second kappa shape index (κ2) is 16.9. The SMILES string of the molecule is CC(C)CC(C(=O)O)c1cccc(OCCCNCC(Cc2cccc(C(F)(F)F)c2Cl)(c2ccccc2)c2ccccc2)c1.Cl. The van der Waals surface area contributed by atoms with Crippen molar-refractivity contribution in [2.75, 3.05) is 19.7 Å². The first kappa shape index (κ1) is 36.9. The molecule has 1 unspecified atom stereocenters. The van der Waals surface area contributed by atoms with Crippen LogP contribution < -0.4 is 10.1 Å². The minimum Gasteiger partial charge on any atom is -0.494 e. The molecule has 9 heteroatoms. The van der Waals surface area contributed by atoms with E-state index in [1.807, 2.05) is 92.7 Å². The van der Waals surface area contributed by atoms with E-state index in [9.17, 15) is 23.1 Å². The van der Waals surface area contributed by atoms with E-state index in [1.165, 1.54) is 6.07 Å². The van der Waals surface area contributed by atoms with Crippen LogP contribution in [0.2, 0.25) is 5.02 Å². The van der Waals surface area contributed by atoms with Gasteiger partial charge < -0.3 is 15.2 Å². The number of carboxylic acids is 1. The molecule has 0 fully saturated rings. The first-order chi connectivity index (χ1) is 21.5. The molecule has 246 valence electrons. The van der Waals surface area contributed by atoms with Crippen LogP contribution in [0.25, 0.3) is 0 Å². The molecule has 0 amide bonds. The summed E-state index contributed by atoms with van der Waals surface area (Å²) in [6.45, 7) is 5.44.